The lowest BCUT2D eigenvalue weighted by Crippen LogP contribution is -2.29. The van der Waals surface area contributed by atoms with E-state index < -0.39 is 5.56 Å². The zero-order valence-corrected chi connectivity index (χ0v) is 17.2. The number of thiazole rings is 1. The number of hydrogen-bond acceptors (Lipinski definition) is 6. The predicted octanol–water partition coefficient (Wildman–Crippen LogP) is 2.61. The second-order valence-electron chi connectivity index (χ2n) is 7.22. The first-order chi connectivity index (χ1) is 15.0. The molecule has 3 heterocycles. The van der Waals surface area contributed by atoms with Crippen LogP contribution in [-0.4, -0.2) is 20.7 Å². The quantitative estimate of drug-likeness (QED) is 0.497. The highest BCUT2D eigenvalue weighted by molar-refractivity contribution is 7.15. The van der Waals surface area contributed by atoms with Crippen molar-refractivity contribution in [2.45, 2.75) is 19.4 Å². The highest BCUT2D eigenvalue weighted by atomic mass is 32.1. The van der Waals surface area contributed by atoms with E-state index in [9.17, 15) is 14.0 Å². The van der Waals surface area contributed by atoms with E-state index in [1.54, 1.807) is 18.2 Å². The standard InChI is InChI=1S/C23H16FN3O3S/c1-13-16(11-15-4-2-3-5-19(15)30-13)12-20-22(29)27-23(31-20)25-21(28)18(26-27)10-14-6-8-17(24)9-7-14/h2-9,11-13H,10H2,1H3. The zero-order valence-electron chi connectivity index (χ0n) is 16.4. The Morgan fingerprint density at radius 3 is 2.74 bits per heavy atom. The molecule has 0 radical (unpaired) electrons. The number of hydrogen-bond donors (Lipinski definition) is 0. The number of halogens is 1. The number of nitrogens with zero attached hydrogens (tertiary/aromatic N) is 3. The Hall–Kier alpha value is -3.65. The Kier molecular flexibility index (Phi) is 4.71. The van der Waals surface area contributed by atoms with Crippen LogP contribution in [0, 0.1) is 5.82 Å². The molecular formula is C23H16FN3O3S. The van der Waals surface area contributed by atoms with Crippen molar-refractivity contribution in [1.29, 1.82) is 0 Å². The van der Waals surface area contributed by atoms with E-state index in [4.69, 9.17) is 4.74 Å². The maximum atomic E-state index is 13.1. The number of benzene rings is 2. The summed E-state index contributed by atoms with van der Waals surface area (Å²) in [6.45, 7) is 1.91. The highest BCUT2D eigenvalue weighted by Gasteiger charge is 2.18. The Labute approximate surface area is 179 Å². The van der Waals surface area contributed by atoms with Gasteiger partial charge in [0.05, 0.1) is 4.53 Å². The number of fused-ring (bicyclic) bond motifs is 2. The van der Waals surface area contributed by atoms with Gasteiger partial charge in [0.1, 0.15) is 23.4 Å². The molecule has 31 heavy (non-hydrogen) atoms. The van der Waals surface area contributed by atoms with Gasteiger partial charge in [-0.1, -0.05) is 41.7 Å². The van der Waals surface area contributed by atoms with Gasteiger partial charge in [-0.25, -0.2) is 4.39 Å². The van der Waals surface area contributed by atoms with Crippen LogP contribution in [0.5, 0.6) is 5.75 Å². The monoisotopic (exact) mass is 433 g/mol. The first kappa shape index (κ1) is 19.3. The van der Waals surface area contributed by atoms with Crippen molar-refractivity contribution in [2.75, 3.05) is 0 Å². The van der Waals surface area contributed by atoms with E-state index in [2.05, 4.69) is 10.1 Å². The van der Waals surface area contributed by atoms with E-state index in [0.717, 1.165) is 32.7 Å². The third-order valence-corrected chi connectivity index (χ3v) is 6.01. The van der Waals surface area contributed by atoms with Gasteiger partial charge in [0.2, 0.25) is 4.96 Å². The maximum Gasteiger partial charge on any atom is 0.296 e. The summed E-state index contributed by atoms with van der Waals surface area (Å²) in [5, 5.41) is 4.24. The van der Waals surface area contributed by atoms with Gasteiger partial charge in [-0.15, -0.1) is 0 Å². The molecule has 0 N–H and O–H groups in total. The molecule has 1 aliphatic rings. The van der Waals surface area contributed by atoms with Gasteiger partial charge in [-0.2, -0.15) is 14.6 Å². The summed E-state index contributed by atoms with van der Waals surface area (Å²) in [4.78, 5) is 29.6. The molecule has 0 saturated heterocycles. The molecule has 6 nitrogen and oxygen atoms in total. The summed E-state index contributed by atoms with van der Waals surface area (Å²) in [6, 6.07) is 13.5. The van der Waals surface area contributed by atoms with Gasteiger partial charge in [-0.3, -0.25) is 9.59 Å². The van der Waals surface area contributed by atoms with Crippen molar-refractivity contribution in [3.63, 3.8) is 0 Å². The molecule has 2 aromatic heterocycles. The van der Waals surface area contributed by atoms with Gasteiger partial charge in [-0.05, 0) is 48.4 Å². The molecule has 0 aliphatic carbocycles. The maximum absolute atomic E-state index is 13.1. The molecule has 0 fully saturated rings. The lowest BCUT2D eigenvalue weighted by Gasteiger charge is -2.22. The van der Waals surface area contributed by atoms with Crippen molar-refractivity contribution >= 4 is 28.4 Å². The lowest BCUT2D eigenvalue weighted by atomic mass is 10.0. The minimum atomic E-state index is -0.500. The van der Waals surface area contributed by atoms with Crippen LogP contribution in [-0.2, 0) is 6.42 Å². The van der Waals surface area contributed by atoms with E-state index in [1.165, 1.54) is 12.1 Å². The zero-order chi connectivity index (χ0) is 21.5. The Morgan fingerprint density at radius 2 is 1.94 bits per heavy atom. The first-order valence-electron chi connectivity index (χ1n) is 9.64. The molecular weight excluding hydrogens is 417 g/mol. The number of para-hydroxylation sites is 1. The first-order valence-corrected chi connectivity index (χ1v) is 10.5. The Balaban J connectivity index is 1.58. The lowest BCUT2D eigenvalue weighted by molar-refractivity contribution is 0.259. The predicted molar refractivity (Wildman–Crippen MR) is 117 cm³/mol. The molecule has 5 rings (SSSR count). The van der Waals surface area contributed by atoms with Gasteiger partial charge < -0.3 is 4.74 Å². The highest BCUT2D eigenvalue weighted by Crippen LogP contribution is 2.29. The van der Waals surface area contributed by atoms with E-state index >= 15 is 0 Å². The van der Waals surface area contributed by atoms with Crippen LogP contribution in [0.1, 0.15) is 23.7 Å². The molecule has 8 heteroatoms. The van der Waals surface area contributed by atoms with Crippen LogP contribution in [0.25, 0.3) is 17.1 Å². The smallest absolute Gasteiger partial charge is 0.296 e. The summed E-state index contributed by atoms with van der Waals surface area (Å²) in [5.74, 6) is 0.435. The molecule has 154 valence electrons. The van der Waals surface area contributed by atoms with Crippen LogP contribution < -0.4 is 20.4 Å². The number of aromatic nitrogens is 3. The molecule has 0 amide bonds. The minimum absolute atomic E-state index is 0.132. The Bertz CT molecular complexity index is 1510. The normalized spacial score (nSPS) is 16.1. The van der Waals surface area contributed by atoms with Crippen molar-refractivity contribution in [3.8, 4) is 5.75 Å². The minimum Gasteiger partial charge on any atom is -0.485 e. The molecule has 2 aromatic carbocycles. The summed E-state index contributed by atoms with van der Waals surface area (Å²) in [5.41, 5.74) is 1.77. The van der Waals surface area contributed by atoms with Crippen LogP contribution in [0.2, 0.25) is 0 Å². The van der Waals surface area contributed by atoms with Crippen LogP contribution in [0.3, 0.4) is 0 Å². The third-order valence-electron chi connectivity index (χ3n) is 5.05. The topological polar surface area (TPSA) is 73.6 Å². The Morgan fingerprint density at radius 1 is 1.16 bits per heavy atom. The molecule has 1 atom stereocenters. The summed E-state index contributed by atoms with van der Waals surface area (Å²) in [6.07, 6.45) is 3.68. The fourth-order valence-corrected chi connectivity index (χ4v) is 4.32. The van der Waals surface area contributed by atoms with Gasteiger partial charge in [0, 0.05) is 12.0 Å². The van der Waals surface area contributed by atoms with E-state index in [1.807, 2.05) is 37.3 Å². The third kappa shape index (κ3) is 3.66. The molecule has 0 saturated carbocycles. The second-order valence-corrected chi connectivity index (χ2v) is 8.23. The number of rotatable bonds is 3. The van der Waals surface area contributed by atoms with Crippen molar-refractivity contribution in [2.24, 2.45) is 0 Å². The molecule has 4 aromatic rings. The second kappa shape index (κ2) is 7.55. The molecule has 1 unspecified atom stereocenters. The molecule has 1 aliphatic heterocycles. The van der Waals surface area contributed by atoms with Crippen LogP contribution in [0.15, 0.2) is 63.7 Å². The average Bonchev–Trinajstić information content (AvgIpc) is 3.05. The van der Waals surface area contributed by atoms with Crippen molar-refractivity contribution < 1.29 is 9.13 Å². The summed E-state index contributed by atoms with van der Waals surface area (Å²) >= 11 is 1.11. The molecule has 0 spiro atoms. The van der Waals surface area contributed by atoms with E-state index in [0.29, 0.717) is 10.1 Å². The van der Waals surface area contributed by atoms with E-state index in [-0.39, 0.29) is 34.6 Å². The molecule has 0 bridgehead atoms. The largest absolute Gasteiger partial charge is 0.485 e. The fraction of sp³-hybridized carbons (Fsp3) is 0.130. The van der Waals surface area contributed by atoms with Gasteiger partial charge in [0.25, 0.3) is 11.1 Å². The average molecular weight is 433 g/mol. The van der Waals surface area contributed by atoms with Gasteiger partial charge in [0.15, 0.2) is 0 Å². The van der Waals surface area contributed by atoms with Gasteiger partial charge >= 0.3 is 0 Å². The van der Waals surface area contributed by atoms with Crippen molar-refractivity contribution in [3.05, 3.63) is 102 Å². The SMILES string of the molecule is CC1Oc2ccccc2C=C1C=c1sc2nc(=O)c(Cc3ccc(F)cc3)nn2c1=O. The van der Waals surface area contributed by atoms with Crippen molar-refractivity contribution in [1.82, 2.24) is 14.6 Å². The number of ether oxygens (including phenoxy) is 1. The fourth-order valence-electron chi connectivity index (χ4n) is 3.42. The summed E-state index contributed by atoms with van der Waals surface area (Å²) in [7, 11) is 0. The van der Waals surface area contributed by atoms with Crippen LogP contribution >= 0.6 is 11.3 Å². The summed E-state index contributed by atoms with van der Waals surface area (Å²) < 4.78 is 20.6. The van der Waals surface area contributed by atoms with Crippen LogP contribution in [0.4, 0.5) is 4.39 Å².